The van der Waals surface area contributed by atoms with Crippen molar-refractivity contribution in [2.24, 2.45) is 0 Å². The SMILES string of the molecule is CCn1c(-c2ccc(N(C)S(=O)(=O)C3CC3)cc2)c(N)c2ccc(OCCF)cc21. The minimum atomic E-state index is -3.29. The number of hydrogen-bond donors (Lipinski definition) is 1. The second kappa shape index (κ2) is 7.83. The summed E-state index contributed by atoms with van der Waals surface area (Å²) in [5.74, 6) is 0.598. The Kier molecular flexibility index (Phi) is 5.36. The predicted molar refractivity (Wildman–Crippen MR) is 119 cm³/mol. The lowest BCUT2D eigenvalue weighted by Gasteiger charge is -2.19. The maximum absolute atomic E-state index is 12.5. The maximum atomic E-state index is 12.5. The van der Waals surface area contributed by atoms with Gasteiger partial charge in [0.15, 0.2) is 0 Å². The molecule has 0 aliphatic heterocycles. The molecule has 8 heteroatoms. The van der Waals surface area contributed by atoms with Gasteiger partial charge in [0.25, 0.3) is 0 Å². The first-order chi connectivity index (χ1) is 14.4. The number of anilines is 2. The Morgan fingerprint density at radius 3 is 2.50 bits per heavy atom. The number of nitrogens with zero attached hydrogens (tertiary/aromatic N) is 2. The smallest absolute Gasteiger partial charge is 0.237 e. The molecule has 160 valence electrons. The van der Waals surface area contributed by atoms with Crippen LogP contribution in [-0.2, 0) is 16.6 Å². The van der Waals surface area contributed by atoms with Crippen molar-refractivity contribution in [1.82, 2.24) is 4.57 Å². The van der Waals surface area contributed by atoms with Crippen LogP contribution in [0.4, 0.5) is 15.8 Å². The van der Waals surface area contributed by atoms with Crippen LogP contribution in [-0.4, -0.2) is 38.6 Å². The van der Waals surface area contributed by atoms with E-state index < -0.39 is 16.7 Å². The fraction of sp³-hybridized carbons (Fsp3) is 0.364. The van der Waals surface area contributed by atoms with Crippen molar-refractivity contribution in [3.8, 4) is 17.0 Å². The van der Waals surface area contributed by atoms with E-state index in [0.717, 1.165) is 35.0 Å². The van der Waals surface area contributed by atoms with Crippen molar-refractivity contribution in [2.75, 3.05) is 30.4 Å². The lowest BCUT2D eigenvalue weighted by molar-refractivity contribution is 0.273. The van der Waals surface area contributed by atoms with E-state index in [1.807, 2.05) is 43.3 Å². The number of aromatic nitrogens is 1. The van der Waals surface area contributed by atoms with Gasteiger partial charge in [0.05, 0.1) is 27.8 Å². The second-order valence-electron chi connectivity index (χ2n) is 7.48. The summed E-state index contributed by atoms with van der Waals surface area (Å²) < 4.78 is 46.3. The standard InChI is InChI=1S/C22H26FN3O3S/c1-3-26-20-14-17(29-13-12-23)8-11-19(20)21(24)22(26)15-4-6-16(7-5-15)25(2)30(27,28)18-9-10-18/h4-8,11,14,18H,3,9-10,12-13,24H2,1-2H3. The largest absolute Gasteiger partial charge is 0.491 e. The molecule has 30 heavy (non-hydrogen) atoms. The van der Waals surface area contributed by atoms with Crippen LogP contribution in [0.2, 0.25) is 0 Å². The number of benzene rings is 2. The number of ether oxygens (including phenoxy) is 1. The van der Waals surface area contributed by atoms with Gasteiger partial charge < -0.3 is 15.0 Å². The summed E-state index contributed by atoms with van der Waals surface area (Å²) >= 11 is 0. The van der Waals surface area contributed by atoms with Crippen molar-refractivity contribution in [3.63, 3.8) is 0 Å². The third kappa shape index (κ3) is 3.49. The van der Waals surface area contributed by atoms with Crippen LogP contribution < -0.4 is 14.8 Å². The summed E-state index contributed by atoms with van der Waals surface area (Å²) in [5, 5.41) is 0.645. The molecule has 6 nitrogen and oxygen atoms in total. The zero-order chi connectivity index (χ0) is 21.5. The summed E-state index contributed by atoms with van der Waals surface area (Å²) in [6.07, 6.45) is 1.46. The number of aryl methyl sites for hydroxylation is 1. The average molecular weight is 432 g/mol. The van der Waals surface area contributed by atoms with E-state index in [1.54, 1.807) is 13.1 Å². The first kappa shape index (κ1) is 20.5. The van der Waals surface area contributed by atoms with Gasteiger partial charge in [0.1, 0.15) is 19.0 Å². The Balaban J connectivity index is 1.72. The number of rotatable bonds is 8. The molecule has 0 radical (unpaired) electrons. The average Bonchev–Trinajstić information content (AvgIpc) is 3.57. The minimum Gasteiger partial charge on any atom is -0.491 e. The highest BCUT2D eigenvalue weighted by Crippen LogP contribution is 2.39. The normalized spacial score (nSPS) is 14.2. The highest BCUT2D eigenvalue weighted by atomic mass is 32.2. The van der Waals surface area contributed by atoms with E-state index in [-0.39, 0.29) is 11.9 Å². The van der Waals surface area contributed by atoms with Crippen LogP contribution in [0.15, 0.2) is 42.5 Å². The molecular formula is C22H26FN3O3S. The Morgan fingerprint density at radius 2 is 1.90 bits per heavy atom. The molecule has 1 aliphatic rings. The van der Waals surface area contributed by atoms with Crippen LogP contribution in [0.25, 0.3) is 22.2 Å². The number of sulfonamides is 1. The summed E-state index contributed by atoms with van der Waals surface area (Å²) in [5.41, 5.74) is 10.4. The molecule has 4 rings (SSSR count). The molecule has 0 spiro atoms. The van der Waals surface area contributed by atoms with Gasteiger partial charge in [0, 0.05) is 30.6 Å². The third-order valence-electron chi connectivity index (χ3n) is 5.57. The molecular weight excluding hydrogens is 405 g/mol. The molecule has 1 fully saturated rings. The van der Waals surface area contributed by atoms with Crippen molar-refractivity contribution in [1.29, 1.82) is 0 Å². The van der Waals surface area contributed by atoms with Gasteiger partial charge in [-0.3, -0.25) is 4.31 Å². The first-order valence-electron chi connectivity index (χ1n) is 10.1. The number of halogens is 1. The van der Waals surface area contributed by atoms with Gasteiger partial charge in [-0.1, -0.05) is 12.1 Å². The van der Waals surface area contributed by atoms with E-state index in [0.29, 0.717) is 23.7 Å². The first-order valence-corrected chi connectivity index (χ1v) is 11.6. The number of alkyl halides is 1. The van der Waals surface area contributed by atoms with Gasteiger partial charge >= 0.3 is 0 Å². The summed E-state index contributed by atoms with van der Waals surface area (Å²) in [4.78, 5) is 0. The predicted octanol–water partition coefficient (Wildman–Crippen LogP) is 4.19. The molecule has 1 heterocycles. The van der Waals surface area contributed by atoms with E-state index in [1.165, 1.54) is 4.31 Å². The third-order valence-corrected chi connectivity index (χ3v) is 7.86. The van der Waals surface area contributed by atoms with Gasteiger partial charge in [-0.2, -0.15) is 0 Å². The Morgan fingerprint density at radius 1 is 1.20 bits per heavy atom. The molecule has 2 N–H and O–H groups in total. The number of fused-ring (bicyclic) bond motifs is 1. The summed E-state index contributed by atoms with van der Waals surface area (Å²) in [7, 11) is -1.69. The van der Waals surface area contributed by atoms with Gasteiger partial charge in [-0.05, 0) is 44.0 Å². The van der Waals surface area contributed by atoms with Crippen LogP contribution >= 0.6 is 0 Å². The molecule has 0 atom stereocenters. The van der Waals surface area contributed by atoms with Gasteiger partial charge in [-0.15, -0.1) is 0 Å². The van der Waals surface area contributed by atoms with E-state index in [9.17, 15) is 12.8 Å². The highest BCUT2D eigenvalue weighted by Gasteiger charge is 2.38. The Labute approximate surface area is 176 Å². The second-order valence-corrected chi connectivity index (χ2v) is 9.73. The van der Waals surface area contributed by atoms with Crippen LogP contribution in [0.5, 0.6) is 5.75 Å². The Bertz CT molecular complexity index is 1170. The van der Waals surface area contributed by atoms with E-state index >= 15 is 0 Å². The molecule has 0 saturated heterocycles. The van der Waals surface area contributed by atoms with Crippen molar-refractivity contribution in [2.45, 2.75) is 31.6 Å². The highest BCUT2D eigenvalue weighted by molar-refractivity contribution is 7.93. The monoisotopic (exact) mass is 431 g/mol. The van der Waals surface area contributed by atoms with Crippen LogP contribution in [0, 0.1) is 0 Å². The molecule has 3 aromatic rings. The number of nitrogen functional groups attached to an aromatic ring is 1. The fourth-order valence-corrected chi connectivity index (χ4v) is 5.40. The molecule has 1 saturated carbocycles. The van der Waals surface area contributed by atoms with Crippen LogP contribution in [0.3, 0.4) is 0 Å². The maximum Gasteiger partial charge on any atom is 0.237 e. The molecule has 0 amide bonds. The topological polar surface area (TPSA) is 77.6 Å². The minimum absolute atomic E-state index is 0.0133. The van der Waals surface area contributed by atoms with Crippen molar-refractivity contribution in [3.05, 3.63) is 42.5 Å². The lowest BCUT2D eigenvalue weighted by atomic mass is 10.1. The number of hydrogen-bond acceptors (Lipinski definition) is 4. The molecule has 1 aromatic heterocycles. The lowest BCUT2D eigenvalue weighted by Crippen LogP contribution is -2.29. The van der Waals surface area contributed by atoms with Gasteiger partial charge in [-0.25, -0.2) is 12.8 Å². The molecule has 0 bridgehead atoms. The number of nitrogens with two attached hydrogens (primary N) is 1. The summed E-state index contributed by atoms with van der Waals surface area (Å²) in [6.45, 7) is 2.19. The van der Waals surface area contributed by atoms with E-state index in [2.05, 4.69) is 4.57 Å². The fourth-order valence-electron chi connectivity index (χ4n) is 3.81. The van der Waals surface area contributed by atoms with Crippen molar-refractivity contribution < 1.29 is 17.5 Å². The van der Waals surface area contributed by atoms with Gasteiger partial charge in [0.2, 0.25) is 10.0 Å². The molecule has 0 unspecified atom stereocenters. The zero-order valence-electron chi connectivity index (χ0n) is 17.1. The quantitative estimate of drug-likeness (QED) is 0.580. The summed E-state index contributed by atoms with van der Waals surface area (Å²) in [6, 6.07) is 13.0. The molecule has 2 aromatic carbocycles. The Hall–Kier alpha value is -2.74. The van der Waals surface area contributed by atoms with Crippen molar-refractivity contribution >= 4 is 32.3 Å². The van der Waals surface area contributed by atoms with Crippen LogP contribution in [0.1, 0.15) is 19.8 Å². The zero-order valence-corrected chi connectivity index (χ0v) is 18.0. The molecule has 1 aliphatic carbocycles. The van der Waals surface area contributed by atoms with E-state index in [4.69, 9.17) is 10.5 Å².